The molecule has 1 aliphatic rings. The van der Waals surface area contributed by atoms with Gasteiger partial charge in [0.25, 0.3) is 0 Å². The van der Waals surface area contributed by atoms with E-state index in [0.717, 1.165) is 5.92 Å². The number of aryl methyl sites for hydroxylation is 1. The van der Waals surface area contributed by atoms with E-state index in [2.05, 4.69) is 57.8 Å². The van der Waals surface area contributed by atoms with Crippen LogP contribution in [0.15, 0.2) is 18.2 Å². The first-order chi connectivity index (χ1) is 8.86. The SMILES string of the molecule is Cc1cc(C(C)(C)C)ccc1CC1CCN(C)CC1. The average Bonchev–Trinajstić information content (AvgIpc) is 2.33. The van der Waals surface area contributed by atoms with Gasteiger partial charge in [-0.3, -0.25) is 0 Å². The van der Waals surface area contributed by atoms with Crippen LogP contribution in [-0.2, 0) is 11.8 Å². The molecule has 0 spiro atoms. The van der Waals surface area contributed by atoms with Gasteiger partial charge in [0.2, 0.25) is 0 Å². The zero-order valence-electron chi connectivity index (χ0n) is 13.3. The Labute approximate surface area is 119 Å². The standard InChI is InChI=1S/C18H29N/c1-14-12-17(18(2,3)4)7-6-16(14)13-15-8-10-19(5)11-9-15/h6-7,12,15H,8-11,13H2,1-5H3. The number of nitrogens with zero attached hydrogens (tertiary/aromatic N) is 1. The molecule has 1 aromatic rings. The van der Waals surface area contributed by atoms with E-state index in [1.54, 1.807) is 5.56 Å². The predicted molar refractivity (Wildman–Crippen MR) is 83.8 cm³/mol. The van der Waals surface area contributed by atoms with E-state index >= 15 is 0 Å². The first-order valence-electron chi connectivity index (χ1n) is 7.65. The molecule has 106 valence electrons. The highest BCUT2D eigenvalue weighted by atomic mass is 15.1. The fourth-order valence-electron chi connectivity index (χ4n) is 2.97. The molecule has 0 aliphatic carbocycles. The molecule has 1 saturated heterocycles. The van der Waals surface area contributed by atoms with Crippen LogP contribution in [0.5, 0.6) is 0 Å². The van der Waals surface area contributed by atoms with Gasteiger partial charge in [0, 0.05) is 0 Å². The van der Waals surface area contributed by atoms with Gasteiger partial charge in [-0.15, -0.1) is 0 Å². The van der Waals surface area contributed by atoms with Crippen LogP contribution < -0.4 is 0 Å². The molecule has 2 rings (SSSR count). The second kappa shape index (κ2) is 5.66. The summed E-state index contributed by atoms with van der Waals surface area (Å²) in [4.78, 5) is 2.45. The van der Waals surface area contributed by atoms with E-state index in [9.17, 15) is 0 Å². The number of likely N-dealkylation sites (tertiary alicyclic amines) is 1. The van der Waals surface area contributed by atoms with Crippen molar-refractivity contribution in [3.63, 3.8) is 0 Å². The largest absolute Gasteiger partial charge is 0.306 e. The van der Waals surface area contributed by atoms with Crippen molar-refractivity contribution in [1.29, 1.82) is 0 Å². The lowest BCUT2D eigenvalue weighted by molar-refractivity contribution is 0.219. The Morgan fingerprint density at radius 2 is 1.79 bits per heavy atom. The Morgan fingerprint density at radius 3 is 2.32 bits per heavy atom. The first-order valence-corrected chi connectivity index (χ1v) is 7.65. The molecule has 1 fully saturated rings. The molecule has 0 unspecified atom stereocenters. The van der Waals surface area contributed by atoms with E-state index in [0.29, 0.717) is 0 Å². The Morgan fingerprint density at radius 1 is 1.16 bits per heavy atom. The van der Waals surface area contributed by atoms with E-state index in [1.807, 2.05) is 0 Å². The summed E-state index contributed by atoms with van der Waals surface area (Å²) in [6, 6.07) is 7.09. The maximum atomic E-state index is 2.45. The Kier molecular flexibility index (Phi) is 4.35. The minimum Gasteiger partial charge on any atom is -0.306 e. The highest BCUT2D eigenvalue weighted by Gasteiger charge is 2.19. The smallest absolute Gasteiger partial charge is 0.00190 e. The third-order valence-corrected chi connectivity index (χ3v) is 4.56. The molecule has 19 heavy (non-hydrogen) atoms. The molecular formula is C18H29N. The van der Waals surface area contributed by atoms with E-state index in [-0.39, 0.29) is 5.41 Å². The van der Waals surface area contributed by atoms with Crippen molar-refractivity contribution in [2.75, 3.05) is 20.1 Å². The van der Waals surface area contributed by atoms with Crippen molar-refractivity contribution in [2.45, 2.75) is 52.4 Å². The maximum absolute atomic E-state index is 2.45. The molecule has 1 heterocycles. The molecule has 0 amide bonds. The second-order valence-corrected chi connectivity index (χ2v) is 7.34. The van der Waals surface area contributed by atoms with Crippen LogP contribution in [0.25, 0.3) is 0 Å². The van der Waals surface area contributed by atoms with Gasteiger partial charge in [-0.05, 0) is 74.3 Å². The fraction of sp³-hybridized carbons (Fsp3) is 0.667. The minimum atomic E-state index is 0.261. The Balaban J connectivity index is 2.05. The summed E-state index contributed by atoms with van der Waals surface area (Å²) in [7, 11) is 2.24. The summed E-state index contributed by atoms with van der Waals surface area (Å²) >= 11 is 0. The van der Waals surface area contributed by atoms with Crippen molar-refractivity contribution in [3.8, 4) is 0 Å². The summed E-state index contributed by atoms with van der Waals surface area (Å²) in [5, 5.41) is 0. The summed E-state index contributed by atoms with van der Waals surface area (Å²) in [6.07, 6.45) is 3.98. The lowest BCUT2D eigenvalue weighted by atomic mass is 9.83. The second-order valence-electron chi connectivity index (χ2n) is 7.34. The van der Waals surface area contributed by atoms with Crippen LogP contribution in [0.2, 0.25) is 0 Å². The molecule has 0 atom stereocenters. The molecule has 0 radical (unpaired) electrons. The molecule has 0 saturated carbocycles. The molecule has 1 aromatic carbocycles. The molecule has 1 nitrogen and oxygen atoms in total. The van der Waals surface area contributed by atoms with E-state index < -0.39 is 0 Å². The summed E-state index contributed by atoms with van der Waals surface area (Å²) in [6.45, 7) is 11.7. The molecule has 0 aromatic heterocycles. The zero-order chi connectivity index (χ0) is 14.0. The van der Waals surface area contributed by atoms with Gasteiger partial charge in [0.1, 0.15) is 0 Å². The van der Waals surface area contributed by atoms with Crippen molar-refractivity contribution >= 4 is 0 Å². The van der Waals surface area contributed by atoms with Gasteiger partial charge >= 0.3 is 0 Å². The first kappa shape index (κ1) is 14.6. The van der Waals surface area contributed by atoms with Crippen molar-refractivity contribution in [1.82, 2.24) is 4.90 Å². The third-order valence-electron chi connectivity index (χ3n) is 4.56. The lowest BCUT2D eigenvalue weighted by Gasteiger charge is -2.29. The number of hydrogen-bond acceptors (Lipinski definition) is 1. The molecule has 1 aliphatic heterocycles. The topological polar surface area (TPSA) is 3.24 Å². The zero-order valence-corrected chi connectivity index (χ0v) is 13.3. The third kappa shape index (κ3) is 3.82. The van der Waals surface area contributed by atoms with Gasteiger partial charge in [-0.1, -0.05) is 39.0 Å². The summed E-state index contributed by atoms with van der Waals surface area (Å²) in [5.74, 6) is 0.885. The fourth-order valence-corrected chi connectivity index (χ4v) is 2.97. The Bertz CT molecular complexity index is 420. The number of rotatable bonds is 2. The lowest BCUT2D eigenvalue weighted by Crippen LogP contribution is -2.31. The summed E-state index contributed by atoms with van der Waals surface area (Å²) in [5.41, 5.74) is 4.75. The van der Waals surface area contributed by atoms with Crippen LogP contribution >= 0.6 is 0 Å². The molecule has 0 N–H and O–H groups in total. The molecule has 1 heteroatoms. The highest BCUT2D eigenvalue weighted by Crippen LogP contribution is 2.27. The summed E-state index contributed by atoms with van der Waals surface area (Å²) < 4.78 is 0. The monoisotopic (exact) mass is 259 g/mol. The normalized spacial score (nSPS) is 18.8. The van der Waals surface area contributed by atoms with Gasteiger partial charge in [0.05, 0.1) is 0 Å². The van der Waals surface area contributed by atoms with Crippen LogP contribution in [0, 0.1) is 12.8 Å². The van der Waals surface area contributed by atoms with Gasteiger partial charge in [-0.2, -0.15) is 0 Å². The van der Waals surface area contributed by atoms with Crippen molar-refractivity contribution < 1.29 is 0 Å². The quantitative estimate of drug-likeness (QED) is 0.770. The van der Waals surface area contributed by atoms with E-state index in [4.69, 9.17) is 0 Å². The maximum Gasteiger partial charge on any atom is -0.00190 e. The van der Waals surface area contributed by atoms with Crippen molar-refractivity contribution in [3.05, 3.63) is 34.9 Å². The van der Waals surface area contributed by atoms with Crippen LogP contribution in [0.1, 0.15) is 50.3 Å². The van der Waals surface area contributed by atoms with Crippen molar-refractivity contribution in [2.24, 2.45) is 5.92 Å². The molecular weight excluding hydrogens is 230 g/mol. The van der Waals surface area contributed by atoms with E-state index in [1.165, 1.54) is 43.5 Å². The highest BCUT2D eigenvalue weighted by molar-refractivity contribution is 5.34. The van der Waals surface area contributed by atoms with Gasteiger partial charge < -0.3 is 4.90 Å². The Hall–Kier alpha value is -0.820. The molecule has 0 bridgehead atoms. The average molecular weight is 259 g/mol. The van der Waals surface area contributed by atoms with Crippen LogP contribution in [0.4, 0.5) is 0 Å². The minimum absolute atomic E-state index is 0.261. The van der Waals surface area contributed by atoms with Gasteiger partial charge in [0.15, 0.2) is 0 Å². The van der Waals surface area contributed by atoms with Crippen LogP contribution in [-0.4, -0.2) is 25.0 Å². The number of piperidine rings is 1. The number of benzene rings is 1. The number of hydrogen-bond donors (Lipinski definition) is 0. The predicted octanol–water partition coefficient (Wildman–Crippen LogP) is 4.18. The van der Waals surface area contributed by atoms with Crippen LogP contribution in [0.3, 0.4) is 0 Å². The van der Waals surface area contributed by atoms with Gasteiger partial charge in [-0.25, -0.2) is 0 Å².